The minimum Gasteiger partial charge on any atom is -0.322 e. The molecule has 0 aromatic heterocycles. The normalized spacial score (nSPS) is 11.0. The van der Waals surface area contributed by atoms with Gasteiger partial charge in [0.15, 0.2) is 0 Å². The van der Waals surface area contributed by atoms with Crippen molar-refractivity contribution in [3.8, 4) is 0 Å². The third kappa shape index (κ3) is 4.78. The fourth-order valence-corrected chi connectivity index (χ4v) is 3.66. The highest BCUT2D eigenvalue weighted by Gasteiger charge is 2.17. The Morgan fingerprint density at radius 2 is 1.57 bits per heavy atom. The molecular formula is C20H16FN3O5S. The number of aryl methyl sites for hydroxylation is 1. The molecule has 154 valence electrons. The summed E-state index contributed by atoms with van der Waals surface area (Å²) in [7, 11) is -3.90. The first-order valence-corrected chi connectivity index (χ1v) is 10.1. The van der Waals surface area contributed by atoms with Crippen molar-refractivity contribution in [2.75, 3.05) is 10.0 Å². The summed E-state index contributed by atoms with van der Waals surface area (Å²) < 4.78 is 40.1. The number of amides is 1. The van der Waals surface area contributed by atoms with Gasteiger partial charge in [0.1, 0.15) is 5.82 Å². The summed E-state index contributed by atoms with van der Waals surface area (Å²) in [6.45, 7) is 1.57. The van der Waals surface area contributed by atoms with Gasteiger partial charge in [-0.3, -0.25) is 19.6 Å². The Hall–Kier alpha value is -3.79. The van der Waals surface area contributed by atoms with E-state index in [2.05, 4.69) is 10.0 Å². The molecule has 2 N–H and O–H groups in total. The molecule has 0 aliphatic carbocycles. The molecule has 8 nitrogen and oxygen atoms in total. The second-order valence-corrected chi connectivity index (χ2v) is 8.03. The lowest BCUT2D eigenvalue weighted by Crippen LogP contribution is -2.14. The number of hydrogen-bond donors (Lipinski definition) is 2. The number of nitro benzene ring substituents is 1. The first-order valence-electron chi connectivity index (χ1n) is 8.60. The van der Waals surface area contributed by atoms with Crippen LogP contribution >= 0.6 is 0 Å². The Balaban J connectivity index is 1.74. The SMILES string of the molecule is Cc1ccc(C(=O)Nc2ccc(S(=O)(=O)Nc3ccc(F)cc3)cc2)cc1[N+](=O)[O-]. The van der Waals surface area contributed by atoms with Crippen LogP contribution in [0.2, 0.25) is 0 Å². The number of rotatable bonds is 6. The van der Waals surface area contributed by atoms with Crippen molar-refractivity contribution in [1.29, 1.82) is 0 Å². The van der Waals surface area contributed by atoms with E-state index in [0.717, 1.165) is 12.1 Å². The number of benzene rings is 3. The summed E-state index contributed by atoms with van der Waals surface area (Å²) in [5.74, 6) is -1.06. The van der Waals surface area contributed by atoms with E-state index in [4.69, 9.17) is 0 Å². The van der Waals surface area contributed by atoms with Crippen LogP contribution in [0.25, 0.3) is 0 Å². The van der Waals surface area contributed by atoms with Crippen LogP contribution in [0, 0.1) is 22.9 Å². The predicted octanol–water partition coefficient (Wildman–Crippen LogP) is 4.10. The number of nitrogens with zero attached hydrogens (tertiary/aromatic N) is 1. The van der Waals surface area contributed by atoms with Crippen LogP contribution in [0.15, 0.2) is 71.6 Å². The number of hydrogen-bond acceptors (Lipinski definition) is 5. The summed E-state index contributed by atoms with van der Waals surface area (Å²) >= 11 is 0. The maximum Gasteiger partial charge on any atom is 0.273 e. The zero-order chi connectivity index (χ0) is 21.9. The van der Waals surface area contributed by atoms with E-state index in [1.165, 1.54) is 54.6 Å². The van der Waals surface area contributed by atoms with Crippen LogP contribution in [0.4, 0.5) is 21.5 Å². The number of nitrogens with one attached hydrogen (secondary N) is 2. The maximum absolute atomic E-state index is 12.9. The monoisotopic (exact) mass is 429 g/mol. The molecule has 3 rings (SSSR count). The summed E-state index contributed by atoms with van der Waals surface area (Å²) in [5.41, 5.74) is 0.872. The highest BCUT2D eigenvalue weighted by Crippen LogP contribution is 2.22. The van der Waals surface area contributed by atoms with E-state index in [0.29, 0.717) is 11.3 Å². The lowest BCUT2D eigenvalue weighted by atomic mass is 10.1. The van der Waals surface area contributed by atoms with Crippen molar-refractivity contribution in [3.63, 3.8) is 0 Å². The van der Waals surface area contributed by atoms with Crippen LogP contribution in [0.3, 0.4) is 0 Å². The van der Waals surface area contributed by atoms with Gasteiger partial charge in [0, 0.05) is 28.6 Å². The van der Waals surface area contributed by atoms with Crippen LogP contribution in [-0.4, -0.2) is 19.2 Å². The molecule has 0 atom stereocenters. The van der Waals surface area contributed by atoms with Gasteiger partial charge in [0.25, 0.3) is 21.6 Å². The number of carbonyl (C=O) groups is 1. The Kier molecular flexibility index (Phi) is 5.79. The lowest BCUT2D eigenvalue weighted by molar-refractivity contribution is -0.385. The number of halogens is 1. The number of nitro groups is 1. The average molecular weight is 429 g/mol. The highest BCUT2D eigenvalue weighted by molar-refractivity contribution is 7.92. The first kappa shape index (κ1) is 20.9. The topological polar surface area (TPSA) is 118 Å². The second kappa shape index (κ2) is 8.29. The number of carbonyl (C=O) groups excluding carboxylic acids is 1. The molecule has 0 fully saturated rings. The molecule has 0 unspecified atom stereocenters. The third-order valence-electron chi connectivity index (χ3n) is 4.19. The van der Waals surface area contributed by atoms with Crippen LogP contribution < -0.4 is 10.0 Å². The Bertz CT molecular complexity index is 1210. The minimum absolute atomic E-state index is 0.0594. The standard InChI is InChI=1S/C20H16FN3O5S/c1-13-2-3-14(12-19(13)24(26)27)20(25)22-16-8-10-18(11-9-16)30(28,29)23-17-6-4-15(21)5-7-17/h2-12,23H,1H3,(H,22,25). The van der Waals surface area contributed by atoms with E-state index in [1.54, 1.807) is 6.92 Å². The third-order valence-corrected chi connectivity index (χ3v) is 5.58. The van der Waals surface area contributed by atoms with E-state index in [-0.39, 0.29) is 21.8 Å². The highest BCUT2D eigenvalue weighted by atomic mass is 32.2. The quantitative estimate of drug-likeness (QED) is 0.452. The minimum atomic E-state index is -3.90. The van der Waals surface area contributed by atoms with E-state index >= 15 is 0 Å². The van der Waals surface area contributed by atoms with Gasteiger partial charge in [-0.05, 0) is 61.5 Å². The number of anilines is 2. The van der Waals surface area contributed by atoms with Gasteiger partial charge in [-0.25, -0.2) is 12.8 Å². The average Bonchev–Trinajstić information content (AvgIpc) is 2.70. The van der Waals surface area contributed by atoms with Gasteiger partial charge in [0.2, 0.25) is 0 Å². The van der Waals surface area contributed by atoms with Crippen molar-refractivity contribution in [2.24, 2.45) is 0 Å². The van der Waals surface area contributed by atoms with Gasteiger partial charge >= 0.3 is 0 Å². The van der Waals surface area contributed by atoms with Gasteiger partial charge in [-0.15, -0.1) is 0 Å². The molecule has 0 aliphatic heterocycles. The van der Waals surface area contributed by atoms with Crippen molar-refractivity contribution >= 4 is 33.0 Å². The van der Waals surface area contributed by atoms with E-state index in [1.807, 2.05) is 0 Å². The molecule has 0 aliphatic rings. The molecule has 0 saturated carbocycles. The van der Waals surface area contributed by atoms with Crippen LogP contribution in [0.1, 0.15) is 15.9 Å². The fourth-order valence-electron chi connectivity index (χ4n) is 2.60. The van der Waals surface area contributed by atoms with E-state index in [9.17, 15) is 27.7 Å². The van der Waals surface area contributed by atoms with Gasteiger partial charge in [-0.1, -0.05) is 6.07 Å². The summed E-state index contributed by atoms with van der Waals surface area (Å²) in [5, 5.41) is 13.6. The van der Waals surface area contributed by atoms with Gasteiger partial charge in [0.05, 0.1) is 9.82 Å². The Labute approximate surface area is 171 Å². The molecule has 0 heterocycles. The summed E-state index contributed by atoms with van der Waals surface area (Å²) in [6, 6.07) is 14.3. The molecule has 3 aromatic rings. The molecule has 0 radical (unpaired) electrons. The van der Waals surface area contributed by atoms with Crippen molar-refractivity contribution < 1.29 is 22.5 Å². The molecule has 3 aromatic carbocycles. The van der Waals surface area contributed by atoms with Gasteiger partial charge in [-0.2, -0.15) is 0 Å². The van der Waals surface area contributed by atoms with Crippen molar-refractivity contribution in [3.05, 3.63) is 93.8 Å². The lowest BCUT2D eigenvalue weighted by Gasteiger charge is -2.10. The second-order valence-electron chi connectivity index (χ2n) is 6.35. The molecule has 0 spiro atoms. The maximum atomic E-state index is 12.9. The summed E-state index contributed by atoms with van der Waals surface area (Å²) in [6.07, 6.45) is 0. The Morgan fingerprint density at radius 3 is 2.17 bits per heavy atom. The molecule has 10 heteroatoms. The van der Waals surface area contributed by atoms with Crippen molar-refractivity contribution in [2.45, 2.75) is 11.8 Å². The van der Waals surface area contributed by atoms with Crippen LogP contribution in [-0.2, 0) is 10.0 Å². The summed E-state index contributed by atoms with van der Waals surface area (Å²) in [4.78, 5) is 22.8. The smallest absolute Gasteiger partial charge is 0.273 e. The Morgan fingerprint density at radius 1 is 0.967 bits per heavy atom. The predicted molar refractivity (Wildman–Crippen MR) is 109 cm³/mol. The van der Waals surface area contributed by atoms with Crippen LogP contribution in [0.5, 0.6) is 0 Å². The molecule has 30 heavy (non-hydrogen) atoms. The molecule has 0 bridgehead atoms. The molecule has 0 saturated heterocycles. The molecular weight excluding hydrogens is 413 g/mol. The number of sulfonamides is 1. The van der Waals surface area contributed by atoms with Crippen molar-refractivity contribution in [1.82, 2.24) is 0 Å². The van der Waals surface area contributed by atoms with E-state index < -0.39 is 26.7 Å². The largest absolute Gasteiger partial charge is 0.322 e. The molecule has 1 amide bonds. The first-order chi connectivity index (χ1) is 14.2. The van der Waals surface area contributed by atoms with Gasteiger partial charge < -0.3 is 5.32 Å². The zero-order valence-electron chi connectivity index (χ0n) is 15.6. The zero-order valence-corrected chi connectivity index (χ0v) is 16.4. The fraction of sp³-hybridized carbons (Fsp3) is 0.0500.